The number of rotatable bonds is 4. The Labute approximate surface area is 118 Å². The van der Waals surface area contributed by atoms with Crippen LogP contribution < -0.4 is 10.4 Å². The number of benzene rings is 1. The zero-order chi connectivity index (χ0) is 14.9. The van der Waals surface area contributed by atoms with E-state index >= 15 is 0 Å². The summed E-state index contributed by atoms with van der Waals surface area (Å²) >= 11 is 0. The molecule has 3 nitrogen and oxygen atoms in total. The maximum atomic E-state index is 11.6. The molecule has 20 heavy (non-hydrogen) atoms. The number of allylic oxidation sites excluding steroid dienone is 1. The van der Waals surface area contributed by atoms with Gasteiger partial charge in [-0.15, -0.1) is 6.58 Å². The summed E-state index contributed by atoms with van der Waals surface area (Å²) in [6.45, 7) is 11.6. The van der Waals surface area contributed by atoms with Crippen LogP contribution in [0.4, 0.5) is 0 Å². The lowest BCUT2D eigenvalue weighted by Crippen LogP contribution is -2.10. The molecule has 2 rings (SSSR count). The van der Waals surface area contributed by atoms with E-state index in [0.29, 0.717) is 5.58 Å². The minimum atomic E-state index is -0.329. The summed E-state index contributed by atoms with van der Waals surface area (Å²) in [4.78, 5) is 11.6. The number of hydrogen-bond donors (Lipinski definition) is 0. The van der Waals surface area contributed by atoms with E-state index in [4.69, 9.17) is 9.15 Å². The zero-order valence-electron chi connectivity index (χ0n) is 12.4. The van der Waals surface area contributed by atoms with Gasteiger partial charge in [-0.3, -0.25) is 0 Å². The molecule has 0 aliphatic heterocycles. The lowest BCUT2D eigenvalue weighted by Gasteiger charge is -2.18. The number of aryl methyl sites for hydroxylation is 2. The van der Waals surface area contributed by atoms with E-state index in [1.54, 1.807) is 0 Å². The molecule has 1 aromatic heterocycles. The van der Waals surface area contributed by atoms with Gasteiger partial charge in [0, 0.05) is 17.0 Å². The van der Waals surface area contributed by atoms with Crippen LogP contribution in [-0.4, -0.2) is 6.10 Å². The van der Waals surface area contributed by atoms with E-state index in [0.717, 1.165) is 34.2 Å². The van der Waals surface area contributed by atoms with Crippen LogP contribution in [0.25, 0.3) is 11.0 Å². The second-order valence-corrected chi connectivity index (χ2v) is 5.27. The van der Waals surface area contributed by atoms with Crippen molar-refractivity contribution in [3.63, 3.8) is 0 Å². The number of fused-ring (bicyclic) bond motifs is 1. The lowest BCUT2D eigenvalue weighted by atomic mass is 10.0. The molecule has 106 valence electrons. The average Bonchev–Trinajstić information content (AvgIpc) is 2.35. The summed E-state index contributed by atoms with van der Waals surface area (Å²) in [5, 5.41) is 0.954. The predicted octanol–water partition coefficient (Wildman–Crippen LogP) is 3.93. The number of hydrogen-bond acceptors (Lipinski definition) is 3. The average molecular weight is 272 g/mol. The largest absolute Gasteiger partial charge is 0.490 e. The molecule has 1 aromatic carbocycles. The Balaban J connectivity index is 2.81. The molecular weight excluding hydrogens is 252 g/mol. The van der Waals surface area contributed by atoms with Crippen LogP contribution >= 0.6 is 0 Å². The third-order valence-electron chi connectivity index (χ3n) is 3.22. The third-order valence-corrected chi connectivity index (χ3v) is 3.22. The van der Waals surface area contributed by atoms with E-state index in [-0.39, 0.29) is 11.7 Å². The van der Waals surface area contributed by atoms with Crippen molar-refractivity contribution >= 4 is 11.0 Å². The van der Waals surface area contributed by atoms with Gasteiger partial charge in [-0.1, -0.05) is 6.08 Å². The Hall–Kier alpha value is -2.03. The van der Waals surface area contributed by atoms with Gasteiger partial charge in [0.15, 0.2) is 0 Å². The monoisotopic (exact) mass is 272 g/mol. The van der Waals surface area contributed by atoms with Crippen LogP contribution in [0.15, 0.2) is 34.0 Å². The number of ether oxygens (including phenoxy) is 1. The topological polar surface area (TPSA) is 39.4 Å². The van der Waals surface area contributed by atoms with E-state index in [1.807, 2.05) is 39.8 Å². The van der Waals surface area contributed by atoms with Crippen LogP contribution in [-0.2, 0) is 6.42 Å². The van der Waals surface area contributed by atoms with Crippen molar-refractivity contribution in [3.8, 4) is 5.75 Å². The third kappa shape index (κ3) is 2.62. The van der Waals surface area contributed by atoms with Gasteiger partial charge < -0.3 is 9.15 Å². The van der Waals surface area contributed by atoms with Crippen LogP contribution in [0.2, 0.25) is 0 Å². The second kappa shape index (κ2) is 5.53. The summed E-state index contributed by atoms with van der Waals surface area (Å²) in [5.41, 5.74) is 3.13. The molecule has 2 aromatic rings. The summed E-state index contributed by atoms with van der Waals surface area (Å²) < 4.78 is 11.3. The molecule has 0 N–H and O–H groups in total. The van der Waals surface area contributed by atoms with Crippen molar-refractivity contribution in [1.82, 2.24) is 0 Å². The summed E-state index contributed by atoms with van der Waals surface area (Å²) in [6.07, 6.45) is 2.63. The Morgan fingerprint density at radius 2 is 2.05 bits per heavy atom. The van der Waals surface area contributed by atoms with Gasteiger partial charge in [-0.05, 0) is 51.3 Å². The first-order valence-electron chi connectivity index (χ1n) is 6.78. The predicted molar refractivity (Wildman–Crippen MR) is 81.6 cm³/mol. The van der Waals surface area contributed by atoms with Gasteiger partial charge in [0.05, 0.1) is 6.10 Å². The van der Waals surface area contributed by atoms with Gasteiger partial charge in [0.25, 0.3) is 0 Å². The fourth-order valence-electron chi connectivity index (χ4n) is 2.37. The van der Waals surface area contributed by atoms with Gasteiger partial charge in [0.2, 0.25) is 0 Å². The van der Waals surface area contributed by atoms with Crippen molar-refractivity contribution in [2.45, 2.75) is 40.2 Å². The van der Waals surface area contributed by atoms with Gasteiger partial charge >= 0.3 is 5.63 Å². The maximum Gasteiger partial charge on any atom is 0.336 e. The molecule has 0 amide bonds. The van der Waals surface area contributed by atoms with Crippen molar-refractivity contribution in [2.75, 3.05) is 0 Å². The molecule has 3 heteroatoms. The molecule has 0 atom stereocenters. The molecule has 0 spiro atoms. The maximum absolute atomic E-state index is 11.6. The molecule has 0 aliphatic carbocycles. The molecule has 0 saturated heterocycles. The Kier molecular flexibility index (Phi) is 3.98. The smallest absolute Gasteiger partial charge is 0.336 e. The highest BCUT2D eigenvalue weighted by Crippen LogP contribution is 2.33. The molecule has 0 radical (unpaired) electrons. The molecule has 0 unspecified atom stereocenters. The van der Waals surface area contributed by atoms with E-state index in [1.165, 1.54) is 6.07 Å². The minimum Gasteiger partial charge on any atom is -0.490 e. The summed E-state index contributed by atoms with van der Waals surface area (Å²) in [5.74, 6) is 0.793. The fourth-order valence-corrected chi connectivity index (χ4v) is 2.37. The quantitative estimate of drug-likeness (QED) is 0.625. The van der Waals surface area contributed by atoms with Crippen molar-refractivity contribution in [1.29, 1.82) is 0 Å². The highest BCUT2D eigenvalue weighted by Gasteiger charge is 2.15. The Morgan fingerprint density at radius 3 is 2.65 bits per heavy atom. The van der Waals surface area contributed by atoms with Crippen molar-refractivity contribution in [3.05, 3.63) is 51.9 Å². The van der Waals surface area contributed by atoms with Crippen LogP contribution in [0.5, 0.6) is 5.75 Å². The Morgan fingerprint density at radius 1 is 1.35 bits per heavy atom. The Bertz CT molecular complexity index is 708. The first kappa shape index (κ1) is 14.4. The highest BCUT2D eigenvalue weighted by atomic mass is 16.5. The summed E-state index contributed by atoms with van der Waals surface area (Å²) in [6, 6.07) is 3.54. The summed E-state index contributed by atoms with van der Waals surface area (Å²) in [7, 11) is 0. The van der Waals surface area contributed by atoms with Gasteiger partial charge in [0.1, 0.15) is 11.3 Å². The first-order valence-corrected chi connectivity index (χ1v) is 6.78. The molecule has 0 fully saturated rings. The van der Waals surface area contributed by atoms with Crippen LogP contribution in [0.1, 0.15) is 30.5 Å². The van der Waals surface area contributed by atoms with Gasteiger partial charge in [-0.25, -0.2) is 4.79 Å². The second-order valence-electron chi connectivity index (χ2n) is 5.27. The van der Waals surface area contributed by atoms with Crippen LogP contribution in [0.3, 0.4) is 0 Å². The fraction of sp³-hybridized carbons (Fsp3) is 0.353. The molecule has 0 bridgehead atoms. The van der Waals surface area contributed by atoms with Crippen LogP contribution in [0, 0.1) is 13.8 Å². The standard InChI is InChI=1S/C17H20O3/c1-6-7-13-9-14-11(4)8-15(18)20-17(14)12(5)16(13)19-10(2)3/h6,8-10H,1,7H2,2-5H3. The zero-order valence-corrected chi connectivity index (χ0v) is 12.4. The SMILES string of the molecule is C=CCc1cc2c(C)cc(=O)oc2c(C)c1OC(C)C. The van der Waals surface area contributed by atoms with E-state index in [2.05, 4.69) is 6.58 Å². The normalized spacial score (nSPS) is 11.1. The molecule has 0 saturated carbocycles. The van der Waals surface area contributed by atoms with E-state index < -0.39 is 0 Å². The highest BCUT2D eigenvalue weighted by molar-refractivity contribution is 5.86. The lowest BCUT2D eigenvalue weighted by molar-refractivity contribution is 0.238. The van der Waals surface area contributed by atoms with Crippen molar-refractivity contribution < 1.29 is 9.15 Å². The minimum absolute atomic E-state index is 0.0613. The van der Waals surface area contributed by atoms with Crippen molar-refractivity contribution in [2.24, 2.45) is 0 Å². The first-order chi connectivity index (χ1) is 9.43. The molecular formula is C17H20O3. The molecule has 1 heterocycles. The van der Waals surface area contributed by atoms with E-state index in [9.17, 15) is 4.79 Å². The molecule has 0 aliphatic rings. The van der Waals surface area contributed by atoms with Gasteiger partial charge in [-0.2, -0.15) is 0 Å².